The Morgan fingerprint density at radius 2 is 1.95 bits per heavy atom. The molecular weight excluding hydrogens is 272 g/mol. The molecule has 1 saturated carbocycles. The van der Waals surface area contributed by atoms with E-state index < -0.39 is 0 Å². The van der Waals surface area contributed by atoms with Crippen LogP contribution in [0.15, 0.2) is 30.3 Å². The minimum atomic E-state index is -0.184. The molecular formula is C19H24N2O. The molecule has 0 bridgehead atoms. The Morgan fingerprint density at radius 3 is 2.68 bits per heavy atom. The van der Waals surface area contributed by atoms with E-state index in [0.717, 1.165) is 54.4 Å². The average molecular weight is 296 g/mol. The van der Waals surface area contributed by atoms with E-state index >= 15 is 0 Å². The van der Waals surface area contributed by atoms with Gasteiger partial charge < -0.3 is 5.32 Å². The number of hydrogen-bond donors (Lipinski definition) is 1. The van der Waals surface area contributed by atoms with E-state index in [1.54, 1.807) is 0 Å². The number of carbonyl (C=O) groups is 1. The summed E-state index contributed by atoms with van der Waals surface area (Å²) in [7, 11) is 0. The van der Waals surface area contributed by atoms with Crippen LogP contribution in [-0.2, 0) is 4.79 Å². The highest BCUT2D eigenvalue weighted by atomic mass is 16.2. The molecule has 0 aliphatic heterocycles. The molecule has 1 aliphatic rings. The Kier molecular flexibility index (Phi) is 4.14. The first kappa shape index (κ1) is 15.0. The third-order valence-corrected chi connectivity index (χ3v) is 5.13. The summed E-state index contributed by atoms with van der Waals surface area (Å²) < 4.78 is 0. The molecule has 22 heavy (non-hydrogen) atoms. The summed E-state index contributed by atoms with van der Waals surface area (Å²) in [5, 5.41) is 4.23. The number of amides is 1. The van der Waals surface area contributed by atoms with Gasteiger partial charge >= 0.3 is 0 Å². The van der Waals surface area contributed by atoms with Gasteiger partial charge in [-0.05, 0) is 38.3 Å². The second-order valence-corrected chi connectivity index (χ2v) is 6.46. The van der Waals surface area contributed by atoms with Gasteiger partial charge in [0.25, 0.3) is 0 Å². The Hall–Kier alpha value is -1.90. The number of aromatic nitrogens is 1. The fourth-order valence-electron chi connectivity index (χ4n) is 3.56. The number of carbonyl (C=O) groups excluding carboxylic acids is 1. The van der Waals surface area contributed by atoms with Gasteiger partial charge in [0.15, 0.2) is 0 Å². The molecule has 1 fully saturated rings. The molecule has 3 heteroatoms. The lowest BCUT2D eigenvalue weighted by molar-refractivity contribution is -0.127. The molecule has 0 radical (unpaired) electrons. The predicted octanol–water partition coefficient (Wildman–Crippen LogP) is 4.84. The minimum absolute atomic E-state index is 0.176. The van der Waals surface area contributed by atoms with E-state index in [1.807, 2.05) is 37.3 Å². The van der Waals surface area contributed by atoms with Crippen molar-refractivity contribution in [2.75, 3.05) is 5.32 Å². The molecule has 1 aromatic carbocycles. The molecule has 2 aromatic rings. The number of rotatable bonds is 3. The molecule has 1 heterocycles. The van der Waals surface area contributed by atoms with Crippen LogP contribution >= 0.6 is 0 Å². The maximum atomic E-state index is 12.9. The van der Waals surface area contributed by atoms with E-state index in [4.69, 9.17) is 0 Å². The van der Waals surface area contributed by atoms with Crippen molar-refractivity contribution < 1.29 is 4.79 Å². The maximum absolute atomic E-state index is 12.9. The van der Waals surface area contributed by atoms with Crippen molar-refractivity contribution in [3.63, 3.8) is 0 Å². The molecule has 0 atom stereocenters. The zero-order valence-electron chi connectivity index (χ0n) is 13.5. The van der Waals surface area contributed by atoms with Crippen molar-refractivity contribution in [3.05, 3.63) is 36.0 Å². The number of para-hydroxylation sites is 1. The Morgan fingerprint density at radius 1 is 1.23 bits per heavy atom. The Labute approximate surface area is 132 Å². The zero-order valence-corrected chi connectivity index (χ0v) is 13.5. The van der Waals surface area contributed by atoms with E-state index in [0.29, 0.717) is 0 Å². The lowest BCUT2D eigenvalue weighted by atomic mass is 9.71. The van der Waals surface area contributed by atoms with Crippen LogP contribution in [0.2, 0.25) is 0 Å². The van der Waals surface area contributed by atoms with E-state index in [-0.39, 0.29) is 11.3 Å². The van der Waals surface area contributed by atoms with Gasteiger partial charge in [0.1, 0.15) is 0 Å². The number of nitrogens with zero attached hydrogens (tertiary/aromatic N) is 1. The van der Waals surface area contributed by atoms with E-state index in [1.165, 1.54) is 6.42 Å². The predicted molar refractivity (Wildman–Crippen MR) is 90.9 cm³/mol. The summed E-state index contributed by atoms with van der Waals surface area (Å²) >= 11 is 0. The summed E-state index contributed by atoms with van der Waals surface area (Å²) in [6.45, 7) is 4.10. The molecule has 1 amide bonds. The van der Waals surface area contributed by atoms with Gasteiger partial charge in [-0.25, -0.2) is 0 Å². The standard InChI is InChI=1S/C19H24N2O/c1-3-19(11-7-4-8-12-19)18(22)21-17-13-15-9-5-6-10-16(15)20-14(17)2/h5-6,9-10,13H,3-4,7-8,11-12H2,1-2H3,(H,21,22). The quantitative estimate of drug-likeness (QED) is 0.880. The number of fused-ring (bicyclic) bond motifs is 1. The van der Waals surface area contributed by atoms with Crippen molar-refractivity contribution in [2.45, 2.75) is 52.4 Å². The van der Waals surface area contributed by atoms with Crippen molar-refractivity contribution in [1.29, 1.82) is 0 Å². The van der Waals surface area contributed by atoms with Gasteiger partial charge in [-0.1, -0.05) is 44.4 Å². The first-order valence-corrected chi connectivity index (χ1v) is 8.32. The fraction of sp³-hybridized carbons (Fsp3) is 0.474. The van der Waals surface area contributed by atoms with Gasteiger partial charge in [0, 0.05) is 10.8 Å². The lowest BCUT2D eigenvalue weighted by Gasteiger charge is -2.35. The first-order valence-electron chi connectivity index (χ1n) is 8.32. The van der Waals surface area contributed by atoms with Crippen LogP contribution in [0.4, 0.5) is 5.69 Å². The van der Waals surface area contributed by atoms with Crippen molar-refractivity contribution >= 4 is 22.5 Å². The second kappa shape index (κ2) is 6.07. The van der Waals surface area contributed by atoms with Crippen LogP contribution in [-0.4, -0.2) is 10.9 Å². The first-order chi connectivity index (χ1) is 10.6. The van der Waals surface area contributed by atoms with Crippen LogP contribution in [0.5, 0.6) is 0 Å². The molecule has 3 rings (SSSR count). The molecule has 0 spiro atoms. The van der Waals surface area contributed by atoms with Gasteiger partial charge in [-0.2, -0.15) is 0 Å². The average Bonchev–Trinajstić information content (AvgIpc) is 2.56. The van der Waals surface area contributed by atoms with Crippen LogP contribution in [0.25, 0.3) is 10.9 Å². The van der Waals surface area contributed by atoms with Gasteiger partial charge in [-0.3, -0.25) is 9.78 Å². The molecule has 3 nitrogen and oxygen atoms in total. The molecule has 1 aliphatic carbocycles. The highest BCUT2D eigenvalue weighted by molar-refractivity contribution is 5.97. The maximum Gasteiger partial charge on any atom is 0.230 e. The number of anilines is 1. The van der Waals surface area contributed by atoms with Gasteiger partial charge in [0.2, 0.25) is 5.91 Å². The van der Waals surface area contributed by atoms with Crippen molar-refractivity contribution in [3.8, 4) is 0 Å². The SMILES string of the molecule is CCC1(C(=O)Nc2cc3ccccc3nc2C)CCCCC1. The van der Waals surface area contributed by atoms with E-state index in [9.17, 15) is 4.79 Å². The summed E-state index contributed by atoms with van der Waals surface area (Å²) in [4.78, 5) is 17.5. The Balaban J connectivity index is 1.88. The van der Waals surface area contributed by atoms with Crippen LogP contribution in [0.3, 0.4) is 0 Å². The number of pyridine rings is 1. The highest BCUT2D eigenvalue weighted by Crippen LogP contribution is 2.40. The van der Waals surface area contributed by atoms with Crippen molar-refractivity contribution in [2.24, 2.45) is 5.41 Å². The van der Waals surface area contributed by atoms with Crippen LogP contribution < -0.4 is 5.32 Å². The largest absolute Gasteiger partial charge is 0.324 e. The van der Waals surface area contributed by atoms with Crippen molar-refractivity contribution in [1.82, 2.24) is 4.98 Å². The number of benzene rings is 1. The van der Waals surface area contributed by atoms with Crippen LogP contribution in [0, 0.1) is 12.3 Å². The molecule has 116 valence electrons. The fourth-order valence-corrected chi connectivity index (χ4v) is 3.56. The van der Waals surface area contributed by atoms with E-state index in [2.05, 4.69) is 17.2 Å². The summed E-state index contributed by atoms with van der Waals surface area (Å²) in [5.41, 5.74) is 2.52. The molecule has 0 unspecified atom stereocenters. The monoisotopic (exact) mass is 296 g/mol. The number of hydrogen-bond acceptors (Lipinski definition) is 2. The second-order valence-electron chi connectivity index (χ2n) is 6.46. The van der Waals surface area contributed by atoms with Gasteiger partial charge in [0.05, 0.1) is 16.9 Å². The molecule has 0 saturated heterocycles. The highest BCUT2D eigenvalue weighted by Gasteiger charge is 2.37. The number of nitrogens with one attached hydrogen (secondary N) is 1. The normalized spacial score (nSPS) is 17.4. The third kappa shape index (κ3) is 2.72. The lowest BCUT2D eigenvalue weighted by Crippen LogP contribution is -2.37. The van der Waals surface area contributed by atoms with Crippen LogP contribution in [0.1, 0.15) is 51.1 Å². The Bertz CT molecular complexity index is 687. The number of aryl methyl sites for hydroxylation is 1. The summed E-state index contributed by atoms with van der Waals surface area (Å²) in [6.07, 6.45) is 6.52. The molecule has 1 aromatic heterocycles. The summed E-state index contributed by atoms with van der Waals surface area (Å²) in [6, 6.07) is 10.1. The zero-order chi connectivity index (χ0) is 15.6. The minimum Gasteiger partial charge on any atom is -0.324 e. The topological polar surface area (TPSA) is 42.0 Å². The van der Waals surface area contributed by atoms with Gasteiger partial charge in [-0.15, -0.1) is 0 Å². The summed E-state index contributed by atoms with van der Waals surface area (Å²) in [5.74, 6) is 0.176. The smallest absolute Gasteiger partial charge is 0.230 e. The molecule has 1 N–H and O–H groups in total. The third-order valence-electron chi connectivity index (χ3n) is 5.13.